The van der Waals surface area contributed by atoms with Crippen molar-refractivity contribution >= 4 is 35.4 Å². The molecule has 0 spiro atoms. The van der Waals surface area contributed by atoms with E-state index in [4.69, 9.17) is 32.7 Å². The van der Waals surface area contributed by atoms with Crippen LogP contribution in [0, 0.1) is 0 Å². The number of amides is 2. The Bertz CT molecular complexity index is 279. The van der Waals surface area contributed by atoms with Gasteiger partial charge in [0.1, 0.15) is 0 Å². The summed E-state index contributed by atoms with van der Waals surface area (Å²) in [6, 6.07) is 0. The molecular formula is C15H28Cl2N2O4. The minimum absolute atomic E-state index is 0.358. The van der Waals surface area contributed by atoms with E-state index in [-0.39, 0.29) is 12.2 Å². The van der Waals surface area contributed by atoms with Crippen LogP contribution in [0.5, 0.6) is 0 Å². The van der Waals surface area contributed by atoms with E-state index in [1.165, 1.54) is 0 Å². The van der Waals surface area contributed by atoms with Crippen molar-refractivity contribution in [1.82, 2.24) is 10.6 Å². The number of rotatable bonds is 14. The molecule has 0 rings (SSSR count). The fraction of sp³-hybridized carbons (Fsp3) is 0.867. The Morgan fingerprint density at radius 2 is 1.04 bits per heavy atom. The van der Waals surface area contributed by atoms with Gasteiger partial charge >= 0.3 is 12.2 Å². The topological polar surface area (TPSA) is 76.7 Å². The van der Waals surface area contributed by atoms with E-state index in [1.54, 1.807) is 0 Å². The lowest BCUT2D eigenvalue weighted by molar-refractivity contribution is 0.145. The quantitative estimate of drug-likeness (QED) is 0.361. The Balaban J connectivity index is 3.21. The summed E-state index contributed by atoms with van der Waals surface area (Å²) in [6.07, 6.45) is 5.53. The van der Waals surface area contributed by atoms with Crippen molar-refractivity contribution in [1.29, 1.82) is 0 Å². The predicted octanol–water partition coefficient (Wildman–Crippen LogP) is 3.65. The van der Waals surface area contributed by atoms with Crippen LogP contribution in [-0.4, -0.2) is 50.2 Å². The summed E-state index contributed by atoms with van der Waals surface area (Å²) in [4.78, 5) is 22.4. The number of carbonyl (C=O) groups is 2. The number of ether oxygens (including phenoxy) is 2. The lowest BCUT2D eigenvalue weighted by atomic mass is 10.1. The predicted molar refractivity (Wildman–Crippen MR) is 92.5 cm³/mol. The van der Waals surface area contributed by atoms with E-state index in [1.807, 2.05) is 0 Å². The third-order valence-corrected chi connectivity index (χ3v) is 3.45. The van der Waals surface area contributed by atoms with Gasteiger partial charge in [-0.05, 0) is 25.7 Å². The van der Waals surface area contributed by atoms with Crippen LogP contribution >= 0.6 is 23.2 Å². The van der Waals surface area contributed by atoms with Gasteiger partial charge in [-0.25, -0.2) is 9.59 Å². The minimum atomic E-state index is -0.382. The number of alkyl carbamates (subject to hydrolysis) is 2. The van der Waals surface area contributed by atoms with Crippen LogP contribution in [0.1, 0.15) is 44.9 Å². The molecule has 0 aliphatic carbocycles. The molecule has 0 aliphatic heterocycles. The number of alkyl halides is 2. The first-order chi connectivity index (χ1) is 11.2. The third kappa shape index (κ3) is 17.3. The summed E-state index contributed by atoms with van der Waals surface area (Å²) in [7, 11) is 0. The highest BCUT2D eigenvalue weighted by Gasteiger charge is 2.01. The van der Waals surface area contributed by atoms with Gasteiger partial charge in [0.25, 0.3) is 0 Å². The molecular weight excluding hydrogens is 343 g/mol. The van der Waals surface area contributed by atoms with Gasteiger partial charge in [0.05, 0.1) is 13.2 Å². The molecule has 6 nitrogen and oxygen atoms in total. The van der Waals surface area contributed by atoms with Crippen molar-refractivity contribution in [2.24, 2.45) is 0 Å². The molecule has 0 aliphatic rings. The Kier molecular flexibility index (Phi) is 16.8. The van der Waals surface area contributed by atoms with Crippen molar-refractivity contribution in [3.8, 4) is 0 Å². The number of carbonyl (C=O) groups excluding carboxylic acids is 2. The van der Waals surface area contributed by atoms with Crippen LogP contribution in [0.15, 0.2) is 0 Å². The average molecular weight is 371 g/mol. The SMILES string of the molecule is O=C(NCCCCCCCNC(=O)OCCCCl)OCCCCl. The summed E-state index contributed by atoms with van der Waals surface area (Å²) in [5.41, 5.74) is 0. The maximum absolute atomic E-state index is 11.2. The van der Waals surface area contributed by atoms with Crippen LogP contribution < -0.4 is 10.6 Å². The molecule has 0 bridgehead atoms. The van der Waals surface area contributed by atoms with Crippen molar-refractivity contribution < 1.29 is 19.1 Å². The maximum Gasteiger partial charge on any atom is 0.407 e. The second-order valence-corrected chi connectivity index (χ2v) is 5.73. The van der Waals surface area contributed by atoms with Crippen molar-refractivity contribution in [3.05, 3.63) is 0 Å². The number of halogens is 2. The zero-order chi connectivity index (χ0) is 17.2. The highest BCUT2D eigenvalue weighted by atomic mass is 35.5. The van der Waals surface area contributed by atoms with Gasteiger partial charge in [0.2, 0.25) is 0 Å². The largest absolute Gasteiger partial charge is 0.450 e. The number of unbranched alkanes of at least 4 members (excludes halogenated alkanes) is 4. The smallest absolute Gasteiger partial charge is 0.407 e. The summed E-state index contributed by atoms with van der Waals surface area (Å²) in [6.45, 7) is 1.95. The van der Waals surface area contributed by atoms with E-state index in [0.29, 0.717) is 50.9 Å². The van der Waals surface area contributed by atoms with Crippen LogP contribution in [0.4, 0.5) is 9.59 Å². The second kappa shape index (κ2) is 17.5. The number of hydrogen-bond acceptors (Lipinski definition) is 4. The van der Waals surface area contributed by atoms with Crippen molar-refractivity contribution in [3.63, 3.8) is 0 Å². The Morgan fingerprint density at radius 3 is 1.43 bits per heavy atom. The maximum atomic E-state index is 11.2. The Morgan fingerprint density at radius 1 is 0.652 bits per heavy atom. The zero-order valence-electron chi connectivity index (χ0n) is 13.6. The fourth-order valence-corrected chi connectivity index (χ4v) is 1.92. The molecule has 2 amide bonds. The highest BCUT2D eigenvalue weighted by molar-refractivity contribution is 6.18. The molecule has 0 fully saturated rings. The zero-order valence-corrected chi connectivity index (χ0v) is 15.1. The molecule has 0 aromatic heterocycles. The van der Waals surface area contributed by atoms with Crippen LogP contribution in [0.25, 0.3) is 0 Å². The van der Waals surface area contributed by atoms with Crippen LogP contribution in [-0.2, 0) is 9.47 Å². The van der Waals surface area contributed by atoms with Crippen molar-refractivity contribution in [2.75, 3.05) is 38.1 Å². The van der Waals surface area contributed by atoms with Gasteiger partial charge in [-0.15, -0.1) is 23.2 Å². The van der Waals surface area contributed by atoms with Gasteiger partial charge in [-0.1, -0.05) is 19.3 Å². The normalized spacial score (nSPS) is 10.2. The molecule has 0 atom stereocenters. The number of hydrogen-bond donors (Lipinski definition) is 2. The average Bonchev–Trinajstić information content (AvgIpc) is 2.53. The highest BCUT2D eigenvalue weighted by Crippen LogP contribution is 2.02. The first kappa shape index (κ1) is 22.1. The lowest BCUT2D eigenvalue weighted by Crippen LogP contribution is -2.26. The fourth-order valence-electron chi connectivity index (χ4n) is 1.70. The summed E-state index contributed by atoms with van der Waals surface area (Å²) in [5.74, 6) is 0.987. The van der Waals surface area contributed by atoms with E-state index >= 15 is 0 Å². The van der Waals surface area contributed by atoms with Gasteiger partial charge in [0, 0.05) is 24.8 Å². The Labute approximate surface area is 148 Å². The molecule has 0 saturated carbocycles. The molecule has 0 radical (unpaired) electrons. The molecule has 0 saturated heterocycles. The molecule has 0 heterocycles. The molecule has 23 heavy (non-hydrogen) atoms. The van der Waals surface area contributed by atoms with Gasteiger partial charge in [0.15, 0.2) is 0 Å². The summed E-state index contributed by atoms with van der Waals surface area (Å²) >= 11 is 11.0. The molecule has 136 valence electrons. The summed E-state index contributed by atoms with van der Waals surface area (Å²) < 4.78 is 9.81. The molecule has 0 aromatic carbocycles. The third-order valence-electron chi connectivity index (χ3n) is 2.91. The number of nitrogens with one attached hydrogen (secondary N) is 2. The van der Waals surface area contributed by atoms with Crippen molar-refractivity contribution in [2.45, 2.75) is 44.9 Å². The first-order valence-corrected chi connectivity index (χ1v) is 9.20. The first-order valence-electron chi connectivity index (χ1n) is 8.14. The monoisotopic (exact) mass is 370 g/mol. The minimum Gasteiger partial charge on any atom is -0.450 e. The standard InChI is InChI=1S/C15H28Cl2N2O4/c16-8-6-12-22-14(20)18-10-4-2-1-3-5-11-19-15(21)23-13-7-9-17/h1-13H2,(H,18,20)(H,19,21). The van der Waals surface area contributed by atoms with E-state index in [2.05, 4.69) is 10.6 Å². The van der Waals surface area contributed by atoms with E-state index in [0.717, 1.165) is 32.1 Å². The Hall–Kier alpha value is -0.880. The van der Waals surface area contributed by atoms with Gasteiger partial charge in [-0.3, -0.25) is 0 Å². The van der Waals surface area contributed by atoms with Gasteiger partial charge in [-0.2, -0.15) is 0 Å². The molecule has 2 N–H and O–H groups in total. The van der Waals surface area contributed by atoms with Gasteiger partial charge < -0.3 is 20.1 Å². The van der Waals surface area contributed by atoms with Crippen LogP contribution in [0.3, 0.4) is 0 Å². The molecule has 0 aromatic rings. The van der Waals surface area contributed by atoms with Crippen LogP contribution in [0.2, 0.25) is 0 Å². The van der Waals surface area contributed by atoms with E-state index < -0.39 is 0 Å². The van der Waals surface area contributed by atoms with E-state index in [9.17, 15) is 9.59 Å². The lowest BCUT2D eigenvalue weighted by Gasteiger charge is -2.07. The second-order valence-electron chi connectivity index (χ2n) is 4.98. The molecule has 8 heteroatoms. The summed E-state index contributed by atoms with van der Waals surface area (Å²) in [5, 5.41) is 5.39. The molecule has 0 unspecified atom stereocenters.